The molecule has 0 spiro atoms. The number of fused-ring (bicyclic) bond motifs is 1. The highest BCUT2D eigenvalue weighted by molar-refractivity contribution is 7.89. The molecule has 7 nitrogen and oxygen atoms in total. The number of halogens is 1. The van der Waals surface area contributed by atoms with Crippen LogP contribution in [-0.4, -0.2) is 53.2 Å². The summed E-state index contributed by atoms with van der Waals surface area (Å²) in [5, 5.41) is 0. The highest BCUT2D eigenvalue weighted by atomic mass is 32.2. The molecule has 3 aromatic rings. The Balaban J connectivity index is 1.46. The zero-order valence-electron chi connectivity index (χ0n) is 16.0. The maximum atomic E-state index is 13.1. The molecule has 1 aromatic carbocycles. The van der Waals surface area contributed by atoms with Gasteiger partial charge in [0.15, 0.2) is 0 Å². The Hall–Kier alpha value is -2.62. The van der Waals surface area contributed by atoms with Gasteiger partial charge in [-0.1, -0.05) is 6.07 Å². The summed E-state index contributed by atoms with van der Waals surface area (Å²) in [4.78, 5) is 19.1. The van der Waals surface area contributed by atoms with E-state index in [9.17, 15) is 17.6 Å². The van der Waals surface area contributed by atoms with Crippen LogP contribution < -0.4 is 5.56 Å². The van der Waals surface area contributed by atoms with Gasteiger partial charge in [-0.3, -0.25) is 14.1 Å². The second-order valence-electron chi connectivity index (χ2n) is 7.08. The third kappa shape index (κ3) is 3.93. The van der Waals surface area contributed by atoms with Crippen molar-refractivity contribution in [3.8, 4) is 0 Å². The van der Waals surface area contributed by atoms with Crippen LogP contribution in [0.5, 0.6) is 0 Å². The molecule has 0 saturated carbocycles. The molecule has 2 aromatic heterocycles. The van der Waals surface area contributed by atoms with Gasteiger partial charge in [-0.15, -0.1) is 0 Å². The summed E-state index contributed by atoms with van der Waals surface area (Å²) in [6, 6.07) is 11.9. The van der Waals surface area contributed by atoms with Gasteiger partial charge in [0, 0.05) is 44.5 Å². The van der Waals surface area contributed by atoms with Crippen molar-refractivity contribution in [2.24, 2.45) is 0 Å². The Kier molecular flexibility index (Phi) is 5.20. The molecule has 0 aliphatic carbocycles. The molecule has 29 heavy (non-hydrogen) atoms. The maximum Gasteiger partial charge on any atom is 0.258 e. The highest BCUT2D eigenvalue weighted by Crippen LogP contribution is 2.18. The minimum Gasteiger partial charge on any atom is -0.295 e. The molecule has 0 N–H and O–H groups in total. The van der Waals surface area contributed by atoms with Crippen molar-refractivity contribution in [1.82, 2.24) is 18.6 Å². The van der Waals surface area contributed by atoms with E-state index >= 15 is 0 Å². The van der Waals surface area contributed by atoms with E-state index in [1.54, 1.807) is 10.5 Å². The zero-order valence-corrected chi connectivity index (χ0v) is 16.8. The predicted octanol–water partition coefficient (Wildman–Crippen LogP) is 1.65. The third-order valence-corrected chi connectivity index (χ3v) is 7.01. The fourth-order valence-electron chi connectivity index (χ4n) is 3.56. The van der Waals surface area contributed by atoms with Crippen molar-refractivity contribution in [3.05, 3.63) is 76.1 Å². The molecule has 9 heteroatoms. The number of sulfonamides is 1. The fraction of sp³-hybridized carbons (Fsp3) is 0.300. The molecule has 0 amide bonds. The Morgan fingerprint density at radius 3 is 2.41 bits per heavy atom. The Morgan fingerprint density at radius 2 is 1.72 bits per heavy atom. The second-order valence-corrected chi connectivity index (χ2v) is 9.02. The molecule has 1 aliphatic heterocycles. The van der Waals surface area contributed by atoms with Gasteiger partial charge in [0.2, 0.25) is 10.0 Å². The number of benzene rings is 1. The monoisotopic (exact) mass is 416 g/mol. The first-order valence-electron chi connectivity index (χ1n) is 9.31. The van der Waals surface area contributed by atoms with Crippen molar-refractivity contribution in [2.45, 2.75) is 18.4 Å². The van der Waals surface area contributed by atoms with Crippen molar-refractivity contribution in [2.75, 3.05) is 26.2 Å². The summed E-state index contributed by atoms with van der Waals surface area (Å²) < 4.78 is 41.5. The number of hydrogen-bond donors (Lipinski definition) is 0. The predicted molar refractivity (Wildman–Crippen MR) is 107 cm³/mol. The summed E-state index contributed by atoms with van der Waals surface area (Å²) in [5.74, 6) is -0.470. The minimum atomic E-state index is -3.64. The molecule has 1 fully saturated rings. The van der Waals surface area contributed by atoms with E-state index in [-0.39, 0.29) is 10.5 Å². The third-order valence-electron chi connectivity index (χ3n) is 5.10. The van der Waals surface area contributed by atoms with Crippen LogP contribution in [0, 0.1) is 12.7 Å². The number of rotatable bonds is 4. The molecule has 0 atom stereocenters. The van der Waals surface area contributed by atoms with Gasteiger partial charge in [-0.25, -0.2) is 17.8 Å². The largest absolute Gasteiger partial charge is 0.295 e. The number of nitrogens with zero attached hydrogens (tertiary/aromatic N) is 4. The van der Waals surface area contributed by atoms with Crippen molar-refractivity contribution in [3.63, 3.8) is 0 Å². The van der Waals surface area contributed by atoms with Crippen LogP contribution in [0.25, 0.3) is 5.65 Å². The first-order valence-corrected chi connectivity index (χ1v) is 10.7. The van der Waals surface area contributed by atoms with E-state index < -0.39 is 15.8 Å². The Morgan fingerprint density at radius 1 is 1.03 bits per heavy atom. The molecular weight excluding hydrogens is 395 g/mol. The highest BCUT2D eigenvalue weighted by Gasteiger charge is 2.28. The van der Waals surface area contributed by atoms with E-state index in [1.165, 1.54) is 22.5 Å². The summed E-state index contributed by atoms with van der Waals surface area (Å²) in [5.41, 5.74) is 1.97. The maximum absolute atomic E-state index is 13.1. The molecule has 1 aliphatic rings. The summed E-state index contributed by atoms with van der Waals surface area (Å²) in [6.45, 7) is 4.03. The average molecular weight is 416 g/mol. The van der Waals surface area contributed by atoms with Gasteiger partial charge >= 0.3 is 0 Å². The van der Waals surface area contributed by atoms with E-state index in [0.717, 1.165) is 17.8 Å². The van der Waals surface area contributed by atoms with Crippen molar-refractivity contribution in [1.29, 1.82) is 0 Å². The van der Waals surface area contributed by atoms with E-state index in [4.69, 9.17) is 0 Å². The topological polar surface area (TPSA) is 75.0 Å². The van der Waals surface area contributed by atoms with Crippen LogP contribution >= 0.6 is 0 Å². The molecule has 152 valence electrons. The van der Waals surface area contributed by atoms with Crippen LogP contribution in [0.4, 0.5) is 4.39 Å². The number of pyridine rings is 1. The van der Waals surface area contributed by atoms with Crippen LogP contribution in [0.1, 0.15) is 11.4 Å². The van der Waals surface area contributed by atoms with Gasteiger partial charge in [-0.2, -0.15) is 4.31 Å². The number of hydrogen-bond acceptors (Lipinski definition) is 5. The van der Waals surface area contributed by atoms with Crippen LogP contribution in [0.2, 0.25) is 0 Å². The van der Waals surface area contributed by atoms with Crippen LogP contribution in [-0.2, 0) is 16.6 Å². The van der Waals surface area contributed by atoms with E-state index in [2.05, 4.69) is 9.88 Å². The van der Waals surface area contributed by atoms with Gasteiger partial charge in [0.25, 0.3) is 5.56 Å². The van der Waals surface area contributed by atoms with Crippen molar-refractivity contribution < 1.29 is 12.8 Å². The van der Waals surface area contributed by atoms with Crippen LogP contribution in [0.3, 0.4) is 0 Å². The zero-order chi connectivity index (χ0) is 20.6. The quantitative estimate of drug-likeness (QED) is 0.647. The lowest BCUT2D eigenvalue weighted by atomic mass is 10.3. The summed E-state index contributed by atoms with van der Waals surface area (Å²) >= 11 is 0. The Bertz CT molecular complexity index is 1200. The lowest BCUT2D eigenvalue weighted by Crippen LogP contribution is -2.48. The van der Waals surface area contributed by atoms with Crippen molar-refractivity contribution >= 4 is 15.7 Å². The first kappa shape index (κ1) is 19.7. The molecule has 3 heterocycles. The Labute approximate surface area is 168 Å². The van der Waals surface area contributed by atoms with Crippen LogP contribution in [0.15, 0.2) is 58.2 Å². The van der Waals surface area contributed by atoms with E-state index in [1.807, 2.05) is 19.1 Å². The molecule has 1 saturated heterocycles. The SMILES string of the molecule is Cc1cccc2nc(CN3CCN(S(=O)(=O)c4ccc(F)cc4)CC3)cc(=O)n12. The minimum absolute atomic E-state index is 0.0898. The number of piperazine rings is 1. The lowest BCUT2D eigenvalue weighted by molar-refractivity contribution is 0.180. The fourth-order valence-corrected chi connectivity index (χ4v) is 4.98. The average Bonchev–Trinajstić information content (AvgIpc) is 2.68. The van der Waals surface area contributed by atoms with E-state index in [0.29, 0.717) is 44.1 Å². The first-order chi connectivity index (χ1) is 13.8. The molecule has 0 bridgehead atoms. The molecule has 0 radical (unpaired) electrons. The summed E-state index contributed by atoms with van der Waals surface area (Å²) in [6.07, 6.45) is 0. The normalized spacial score (nSPS) is 16.3. The lowest BCUT2D eigenvalue weighted by Gasteiger charge is -2.33. The molecular formula is C20H21FN4O3S. The van der Waals surface area contributed by atoms with Gasteiger partial charge < -0.3 is 0 Å². The van der Waals surface area contributed by atoms with Gasteiger partial charge in [0.05, 0.1) is 10.6 Å². The standard InChI is InChI=1S/C20H21FN4O3S/c1-15-3-2-4-19-22-17(13-20(26)25(15)19)14-23-9-11-24(12-10-23)29(27,28)18-7-5-16(21)6-8-18/h2-8,13H,9-12,14H2,1H3. The second kappa shape index (κ2) is 7.66. The molecule has 4 rings (SSSR count). The molecule has 0 unspecified atom stereocenters. The smallest absolute Gasteiger partial charge is 0.258 e. The van der Waals surface area contributed by atoms with Gasteiger partial charge in [-0.05, 0) is 43.3 Å². The summed E-state index contributed by atoms with van der Waals surface area (Å²) in [7, 11) is -3.64. The number of aromatic nitrogens is 2. The number of aryl methyl sites for hydroxylation is 1. The van der Waals surface area contributed by atoms with Gasteiger partial charge in [0.1, 0.15) is 11.5 Å².